The maximum absolute atomic E-state index is 13.1. The molecule has 3 aromatic rings. The lowest BCUT2D eigenvalue weighted by Crippen LogP contribution is -2.31. The molecule has 164 valence electrons. The fraction of sp³-hybridized carbons (Fsp3) is 0.280. The molecule has 1 saturated heterocycles. The predicted molar refractivity (Wildman–Crippen MR) is 121 cm³/mol. The molecular weight excluding hydrogens is 404 g/mol. The summed E-state index contributed by atoms with van der Waals surface area (Å²) in [6, 6.07) is 15.0. The number of methoxy groups -OCH3 is 1. The first kappa shape index (κ1) is 21.6. The quantitative estimate of drug-likeness (QED) is 0.646. The molecule has 0 bridgehead atoms. The number of likely N-dealkylation sites (tertiary alicyclic amines) is 1. The zero-order valence-electron chi connectivity index (χ0n) is 18.2. The molecule has 4 rings (SSSR count). The lowest BCUT2D eigenvalue weighted by Gasteiger charge is -2.24. The summed E-state index contributed by atoms with van der Waals surface area (Å²) in [5, 5.41) is 2.56. The molecule has 0 radical (unpaired) electrons. The number of hydrogen-bond acceptors (Lipinski definition) is 5. The molecule has 2 aromatic heterocycles. The molecule has 0 spiro atoms. The van der Waals surface area contributed by atoms with E-state index >= 15 is 0 Å². The summed E-state index contributed by atoms with van der Waals surface area (Å²) in [5.74, 6) is -0.194. The van der Waals surface area contributed by atoms with Crippen molar-refractivity contribution >= 4 is 11.8 Å². The Morgan fingerprint density at radius 1 is 1.03 bits per heavy atom. The molecule has 1 aliphatic heterocycles. The largest absolute Gasteiger partial charge is 0.380 e. The number of pyridine rings is 2. The number of benzene rings is 1. The summed E-state index contributed by atoms with van der Waals surface area (Å²) >= 11 is 0. The molecule has 0 unspecified atom stereocenters. The van der Waals surface area contributed by atoms with Crippen LogP contribution in [-0.2, 0) is 11.3 Å². The van der Waals surface area contributed by atoms with Gasteiger partial charge in [0.05, 0.1) is 18.3 Å². The Hall–Kier alpha value is -3.58. The van der Waals surface area contributed by atoms with E-state index in [0.717, 1.165) is 41.8 Å². The smallest absolute Gasteiger partial charge is 0.269 e. The van der Waals surface area contributed by atoms with Crippen LogP contribution < -0.4 is 5.32 Å². The highest BCUT2D eigenvalue weighted by Crippen LogP contribution is 2.33. The number of nitrogens with one attached hydrogen (secondary N) is 1. The van der Waals surface area contributed by atoms with Crippen molar-refractivity contribution in [3.8, 4) is 11.1 Å². The van der Waals surface area contributed by atoms with Crippen molar-refractivity contribution < 1.29 is 14.3 Å². The monoisotopic (exact) mass is 430 g/mol. The van der Waals surface area contributed by atoms with Crippen LogP contribution in [0.25, 0.3) is 11.1 Å². The van der Waals surface area contributed by atoms with Crippen LogP contribution in [0.2, 0.25) is 0 Å². The van der Waals surface area contributed by atoms with E-state index in [1.165, 1.54) is 0 Å². The Morgan fingerprint density at radius 2 is 1.75 bits per heavy atom. The lowest BCUT2D eigenvalue weighted by molar-refractivity contribution is 0.0732. The van der Waals surface area contributed by atoms with Gasteiger partial charge in [-0.15, -0.1) is 0 Å². The number of hydrogen-bond donors (Lipinski definition) is 1. The number of nitrogens with zero attached hydrogens (tertiary/aromatic N) is 3. The van der Waals surface area contributed by atoms with Crippen molar-refractivity contribution in [2.75, 3.05) is 20.7 Å². The van der Waals surface area contributed by atoms with Gasteiger partial charge in [-0.05, 0) is 42.7 Å². The zero-order valence-corrected chi connectivity index (χ0v) is 18.2. The fourth-order valence-corrected chi connectivity index (χ4v) is 3.99. The van der Waals surface area contributed by atoms with Gasteiger partial charge in [0, 0.05) is 49.8 Å². The van der Waals surface area contributed by atoms with Crippen LogP contribution in [0.3, 0.4) is 0 Å². The summed E-state index contributed by atoms with van der Waals surface area (Å²) in [6.07, 6.45) is 5.31. The van der Waals surface area contributed by atoms with E-state index in [9.17, 15) is 9.59 Å². The van der Waals surface area contributed by atoms with E-state index in [1.54, 1.807) is 32.6 Å². The van der Waals surface area contributed by atoms with Crippen LogP contribution in [-0.4, -0.2) is 47.4 Å². The number of amides is 2. The lowest BCUT2D eigenvalue weighted by atomic mass is 10.1. The van der Waals surface area contributed by atoms with Crippen LogP contribution in [0.15, 0.2) is 60.9 Å². The average molecular weight is 431 g/mol. The van der Waals surface area contributed by atoms with E-state index < -0.39 is 0 Å². The molecule has 0 aliphatic carbocycles. The average Bonchev–Trinajstić information content (AvgIpc) is 3.34. The summed E-state index contributed by atoms with van der Waals surface area (Å²) in [6.45, 7) is 1.25. The van der Waals surface area contributed by atoms with Gasteiger partial charge in [-0.2, -0.15) is 0 Å². The minimum Gasteiger partial charge on any atom is -0.380 e. The minimum absolute atomic E-state index is 0.0244. The number of ether oxygens (including phenoxy) is 1. The Morgan fingerprint density at radius 3 is 2.34 bits per heavy atom. The predicted octanol–water partition coefficient (Wildman–Crippen LogP) is 3.63. The van der Waals surface area contributed by atoms with E-state index in [-0.39, 0.29) is 17.9 Å². The van der Waals surface area contributed by atoms with Gasteiger partial charge in [0.2, 0.25) is 0 Å². The van der Waals surface area contributed by atoms with Gasteiger partial charge in [0.1, 0.15) is 5.69 Å². The molecule has 7 heteroatoms. The van der Waals surface area contributed by atoms with Crippen LogP contribution in [0.5, 0.6) is 0 Å². The second kappa shape index (κ2) is 9.70. The fourth-order valence-electron chi connectivity index (χ4n) is 3.99. The highest BCUT2D eigenvalue weighted by atomic mass is 16.5. The summed E-state index contributed by atoms with van der Waals surface area (Å²) < 4.78 is 5.14. The zero-order chi connectivity index (χ0) is 22.5. The van der Waals surface area contributed by atoms with Crippen LogP contribution in [0.1, 0.15) is 51.0 Å². The van der Waals surface area contributed by atoms with Crippen LogP contribution in [0.4, 0.5) is 0 Å². The van der Waals surface area contributed by atoms with Gasteiger partial charge >= 0.3 is 0 Å². The number of carbonyl (C=O) groups is 2. The molecule has 1 fully saturated rings. The first-order valence-electron chi connectivity index (χ1n) is 10.6. The van der Waals surface area contributed by atoms with E-state index in [4.69, 9.17) is 4.74 Å². The highest BCUT2D eigenvalue weighted by Gasteiger charge is 2.31. The molecule has 7 nitrogen and oxygen atoms in total. The molecular formula is C25H26N4O3. The molecule has 1 aromatic carbocycles. The Labute approximate surface area is 187 Å². The van der Waals surface area contributed by atoms with Crippen LogP contribution >= 0.6 is 0 Å². The first-order valence-corrected chi connectivity index (χ1v) is 10.6. The summed E-state index contributed by atoms with van der Waals surface area (Å²) in [4.78, 5) is 35.6. The van der Waals surface area contributed by atoms with Crippen molar-refractivity contribution in [1.82, 2.24) is 20.2 Å². The number of aromatic nitrogens is 2. The highest BCUT2D eigenvalue weighted by molar-refractivity contribution is 5.94. The molecule has 1 N–H and O–H groups in total. The van der Waals surface area contributed by atoms with Gasteiger partial charge in [-0.3, -0.25) is 19.6 Å². The SMILES string of the molecule is CNC(=O)c1ccc(-c2ccc([C@H]3CCCN3C(=O)c3ccc(COC)cc3)nc2)cn1. The topological polar surface area (TPSA) is 84.4 Å². The van der Waals surface area contributed by atoms with E-state index in [1.807, 2.05) is 47.4 Å². The van der Waals surface area contributed by atoms with Crippen molar-refractivity contribution in [3.63, 3.8) is 0 Å². The van der Waals surface area contributed by atoms with Crippen molar-refractivity contribution in [1.29, 1.82) is 0 Å². The molecule has 32 heavy (non-hydrogen) atoms. The molecule has 3 heterocycles. The van der Waals surface area contributed by atoms with Gasteiger partial charge in [0.25, 0.3) is 11.8 Å². The molecule has 1 atom stereocenters. The van der Waals surface area contributed by atoms with Gasteiger partial charge < -0.3 is 15.0 Å². The maximum Gasteiger partial charge on any atom is 0.269 e. The number of rotatable bonds is 6. The Kier molecular flexibility index (Phi) is 6.56. The van der Waals surface area contributed by atoms with Gasteiger partial charge in [-0.1, -0.05) is 24.3 Å². The normalized spacial score (nSPS) is 15.6. The summed E-state index contributed by atoms with van der Waals surface area (Å²) in [5.41, 5.74) is 4.76. The minimum atomic E-state index is -0.218. The third-order valence-corrected chi connectivity index (χ3v) is 5.71. The van der Waals surface area contributed by atoms with Crippen LogP contribution in [0, 0.1) is 0 Å². The molecule has 2 amide bonds. The van der Waals surface area contributed by atoms with Crippen molar-refractivity contribution in [3.05, 3.63) is 83.4 Å². The van der Waals surface area contributed by atoms with Crippen molar-refractivity contribution in [2.24, 2.45) is 0 Å². The first-order chi connectivity index (χ1) is 15.6. The Bertz CT molecular complexity index is 1080. The second-order valence-electron chi connectivity index (χ2n) is 7.77. The van der Waals surface area contributed by atoms with E-state index in [0.29, 0.717) is 17.9 Å². The molecule has 0 saturated carbocycles. The standard InChI is InChI=1S/C25H26N4O3/c1-26-24(30)22-12-10-20(15-28-22)19-9-11-21(27-14-19)23-4-3-13-29(23)25(31)18-7-5-17(6-8-18)16-32-2/h5-12,14-15,23H,3-4,13,16H2,1-2H3,(H,26,30)/t23-/m1/s1. The third kappa shape index (κ3) is 4.53. The Balaban J connectivity index is 1.49. The van der Waals surface area contributed by atoms with Crippen molar-refractivity contribution in [2.45, 2.75) is 25.5 Å². The number of carbonyl (C=O) groups excluding carboxylic acids is 2. The molecule has 1 aliphatic rings. The van der Waals surface area contributed by atoms with Gasteiger partial charge in [0.15, 0.2) is 0 Å². The maximum atomic E-state index is 13.1. The van der Waals surface area contributed by atoms with Gasteiger partial charge in [-0.25, -0.2) is 0 Å². The van der Waals surface area contributed by atoms with E-state index in [2.05, 4.69) is 15.3 Å². The second-order valence-corrected chi connectivity index (χ2v) is 7.77. The third-order valence-electron chi connectivity index (χ3n) is 5.71. The summed E-state index contributed by atoms with van der Waals surface area (Å²) in [7, 11) is 3.23.